The van der Waals surface area contributed by atoms with Gasteiger partial charge in [0.2, 0.25) is 5.91 Å². The van der Waals surface area contributed by atoms with Gasteiger partial charge in [-0.2, -0.15) is 0 Å². The van der Waals surface area contributed by atoms with Crippen LogP contribution in [0.3, 0.4) is 0 Å². The number of hydrogen-bond donors (Lipinski definition) is 1. The second-order valence-electron chi connectivity index (χ2n) is 5.95. The summed E-state index contributed by atoms with van der Waals surface area (Å²) in [5.74, 6) is 1.97. The van der Waals surface area contributed by atoms with Gasteiger partial charge in [-0.25, -0.2) is 0 Å². The lowest BCUT2D eigenvalue weighted by molar-refractivity contribution is -0.131. The third kappa shape index (κ3) is 3.44. The van der Waals surface area contributed by atoms with Gasteiger partial charge in [-0.15, -0.1) is 0 Å². The molecule has 0 radical (unpaired) electrons. The Morgan fingerprint density at radius 2 is 2.06 bits per heavy atom. The molecule has 0 bridgehead atoms. The smallest absolute Gasteiger partial charge is 0.239 e. The summed E-state index contributed by atoms with van der Waals surface area (Å²) in [5, 5.41) is 3.43. The van der Waals surface area contributed by atoms with Crippen molar-refractivity contribution >= 4 is 5.91 Å². The van der Waals surface area contributed by atoms with Gasteiger partial charge in [-0.1, -0.05) is 13.3 Å². The molecule has 17 heavy (non-hydrogen) atoms. The molecule has 98 valence electrons. The van der Waals surface area contributed by atoms with Gasteiger partial charge in [0.1, 0.15) is 0 Å². The number of hydrogen-bond acceptors (Lipinski definition) is 2. The normalized spacial score (nSPS) is 30.8. The number of carbonyl (C=O) groups excluding carboxylic acids is 1. The van der Waals surface area contributed by atoms with E-state index in [0.29, 0.717) is 5.91 Å². The molecule has 3 unspecified atom stereocenters. The van der Waals surface area contributed by atoms with E-state index in [9.17, 15) is 4.79 Å². The summed E-state index contributed by atoms with van der Waals surface area (Å²) in [4.78, 5) is 14.1. The van der Waals surface area contributed by atoms with Crippen LogP contribution in [0.1, 0.15) is 46.0 Å². The van der Waals surface area contributed by atoms with Crippen LogP contribution in [0, 0.1) is 11.8 Å². The van der Waals surface area contributed by atoms with Gasteiger partial charge in [-0.05, 0) is 51.0 Å². The molecule has 0 aromatic carbocycles. The predicted octanol–water partition coefficient (Wildman–Crippen LogP) is 2.02. The van der Waals surface area contributed by atoms with E-state index in [0.717, 1.165) is 31.5 Å². The third-order valence-corrected chi connectivity index (χ3v) is 4.30. The highest BCUT2D eigenvalue weighted by Crippen LogP contribution is 2.29. The van der Waals surface area contributed by atoms with Crippen LogP contribution in [0.2, 0.25) is 0 Å². The molecule has 3 atom stereocenters. The third-order valence-electron chi connectivity index (χ3n) is 4.30. The van der Waals surface area contributed by atoms with Gasteiger partial charge in [0.15, 0.2) is 0 Å². The summed E-state index contributed by atoms with van der Waals surface area (Å²) in [6.07, 6.45) is 6.38. The molecule has 1 aliphatic carbocycles. The molecule has 1 heterocycles. The van der Waals surface area contributed by atoms with E-state index in [1.807, 2.05) is 11.8 Å². The van der Waals surface area contributed by atoms with Gasteiger partial charge in [-0.3, -0.25) is 4.79 Å². The highest BCUT2D eigenvalue weighted by atomic mass is 16.2. The second kappa shape index (κ2) is 5.85. The Labute approximate surface area is 105 Å². The van der Waals surface area contributed by atoms with E-state index in [2.05, 4.69) is 12.2 Å². The number of carbonyl (C=O) groups is 1. The van der Waals surface area contributed by atoms with Gasteiger partial charge in [0.25, 0.3) is 0 Å². The first-order chi connectivity index (χ1) is 8.16. The molecule has 2 rings (SSSR count). The summed E-state index contributed by atoms with van der Waals surface area (Å²) >= 11 is 0. The number of amides is 1. The zero-order valence-corrected chi connectivity index (χ0v) is 11.2. The lowest BCUT2D eigenvalue weighted by atomic mass is 10.1. The van der Waals surface area contributed by atoms with E-state index in [1.165, 1.54) is 32.1 Å². The van der Waals surface area contributed by atoms with Crippen molar-refractivity contribution in [3.05, 3.63) is 0 Å². The van der Waals surface area contributed by atoms with Crippen LogP contribution >= 0.6 is 0 Å². The van der Waals surface area contributed by atoms with Gasteiger partial charge in [0.05, 0.1) is 6.04 Å². The van der Waals surface area contributed by atoms with Crippen LogP contribution in [0.15, 0.2) is 0 Å². The Balaban J connectivity index is 1.69. The van der Waals surface area contributed by atoms with Crippen molar-refractivity contribution in [1.29, 1.82) is 0 Å². The van der Waals surface area contributed by atoms with Crippen LogP contribution in [-0.4, -0.2) is 36.5 Å². The lowest BCUT2D eigenvalue weighted by Gasteiger charge is -2.22. The zero-order valence-electron chi connectivity index (χ0n) is 11.2. The minimum Gasteiger partial charge on any atom is -0.341 e. The summed E-state index contributed by atoms with van der Waals surface area (Å²) in [6.45, 7) is 7.29. The Bertz CT molecular complexity index is 261. The standard InChI is InChI=1S/C14H26N2O/c1-11-5-6-13(9-11)10-15-12(2)14(17)16-7-3-4-8-16/h11-13,15H,3-10H2,1-2H3. The quantitative estimate of drug-likeness (QED) is 0.812. The minimum absolute atomic E-state index is 0.00371. The van der Waals surface area contributed by atoms with Crippen molar-refractivity contribution in [3.63, 3.8) is 0 Å². The summed E-state index contributed by atoms with van der Waals surface area (Å²) < 4.78 is 0. The van der Waals surface area contributed by atoms with Crippen molar-refractivity contribution in [3.8, 4) is 0 Å². The maximum atomic E-state index is 12.1. The Hall–Kier alpha value is -0.570. The monoisotopic (exact) mass is 238 g/mol. The van der Waals surface area contributed by atoms with E-state index >= 15 is 0 Å². The molecule has 2 fully saturated rings. The Morgan fingerprint density at radius 3 is 2.65 bits per heavy atom. The molecule has 0 aromatic rings. The van der Waals surface area contributed by atoms with Crippen molar-refractivity contribution in [2.24, 2.45) is 11.8 Å². The summed E-state index contributed by atoms with van der Waals surface area (Å²) in [6, 6.07) is 0.00371. The lowest BCUT2D eigenvalue weighted by Crippen LogP contribution is -2.44. The van der Waals surface area contributed by atoms with E-state index < -0.39 is 0 Å². The van der Waals surface area contributed by atoms with Crippen molar-refractivity contribution in [2.45, 2.75) is 52.0 Å². The molecule has 1 amide bonds. The fourth-order valence-corrected chi connectivity index (χ4v) is 3.15. The van der Waals surface area contributed by atoms with E-state index in [1.54, 1.807) is 0 Å². The molecule has 0 aromatic heterocycles. The first-order valence-electron chi connectivity index (χ1n) is 7.19. The second-order valence-corrected chi connectivity index (χ2v) is 5.95. The highest BCUT2D eigenvalue weighted by molar-refractivity contribution is 5.81. The van der Waals surface area contributed by atoms with Crippen molar-refractivity contribution < 1.29 is 4.79 Å². The minimum atomic E-state index is 0.00371. The van der Waals surface area contributed by atoms with Crippen molar-refractivity contribution in [2.75, 3.05) is 19.6 Å². The van der Waals surface area contributed by atoms with Crippen LogP contribution in [-0.2, 0) is 4.79 Å². The number of likely N-dealkylation sites (tertiary alicyclic amines) is 1. The van der Waals surface area contributed by atoms with Gasteiger partial charge >= 0.3 is 0 Å². The number of rotatable bonds is 4. The maximum absolute atomic E-state index is 12.1. The molecule has 1 saturated carbocycles. The SMILES string of the molecule is CC1CCC(CNC(C)C(=O)N2CCCC2)C1. The van der Waals surface area contributed by atoms with Gasteiger partial charge < -0.3 is 10.2 Å². The van der Waals surface area contributed by atoms with Gasteiger partial charge in [0, 0.05) is 13.1 Å². The fraction of sp³-hybridized carbons (Fsp3) is 0.929. The van der Waals surface area contributed by atoms with Crippen LogP contribution in [0.25, 0.3) is 0 Å². The fourth-order valence-electron chi connectivity index (χ4n) is 3.15. The van der Waals surface area contributed by atoms with Crippen LogP contribution in [0.5, 0.6) is 0 Å². The molecule has 1 saturated heterocycles. The largest absolute Gasteiger partial charge is 0.341 e. The predicted molar refractivity (Wildman–Crippen MR) is 69.8 cm³/mol. The average molecular weight is 238 g/mol. The van der Waals surface area contributed by atoms with Crippen molar-refractivity contribution in [1.82, 2.24) is 10.2 Å². The molecular weight excluding hydrogens is 212 g/mol. The Kier molecular flexibility index (Phi) is 4.43. The first-order valence-corrected chi connectivity index (χ1v) is 7.19. The van der Waals surface area contributed by atoms with Crippen LogP contribution < -0.4 is 5.32 Å². The molecule has 1 aliphatic heterocycles. The molecule has 0 spiro atoms. The zero-order chi connectivity index (χ0) is 12.3. The summed E-state index contributed by atoms with van der Waals surface area (Å²) in [5.41, 5.74) is 0. The summed E-state index contributed by atoms with van der Waals surface area (Å²) in [7, 11) is 0. The number of nitrogens with one attached hydrogen (secondary N) is 1. The molecular formula is C14H26N2O. The highest BCUT2D eigenvalue weighted by Gasteiger charge is 2.25. The molecule has 2 aliphatic rings. The first kappa shape index (κ1) is 12.9. The van der Waals surface area contributed by atoms with Crippen LogP contribution in [0.4, 0.5) is 0 Å². The molecule has 1 N–H and O–H groups in total. The number of nitrogens with zero attached hydrogens (tertiary/aromatic N) is 1. The average Bonchev–Trinajstić information content (AvgIpc) is 2.95. The molecule has 3 nitrogen and oxygen atoms in total. The topological polar surface area (TPSA) is 32.3 Å². The van der Waals surface area contributed by atoms with E-state index in [-0.39, 0.29) is 6.04 Å². The van der Waals surface area contributed by atoms with E-state index in [4.69, 9.17) is 0 Å². The maximum Gasteiger partial charge on any atom is 0.239 e. The Morgan fingerprint density at radius 1 is 1.35 bits per heavy atom. The molecule has 3 heteroatoms.